The van der Waals surface area contributed by atoms with Gasteiger partial charge in [-0.15, -0.1) is 21.5 Å². The van der Waals surface area contributed by atoms with E-state index in [4.69, 9.17) is 0 Å². The summed E-state index contributed by atoms with van der Waals surface area (Å²) in [6.07, 6.45) is 5.52. The van der Waals surface area contributed by atoms with Gasteiger partial charge < -0.3 is 9.47 Å². The minimum Gasteiger partial charge on any atom is -0.339 e. The van der Waals surface area contributed by atoms with Crippen molar-refractivity contribution in [1.82, 2.24) is 29.4 Å². The molecule has 4 heterocycles. The van der Waals surface area contributed by atoms with Crippen molar-refractivity contribution in [2.75, 3.05) is 13.1 Å². The molecule has 3 aromatic rings. The van der Waals surface area contributed by atoms with Crippen LogP contribution in [0.3, 0.4) is 0 Å². The minimum atomic E-state index is 0.144. The van der Waals surface area contributed by atoms with E-state index < -0.39 is 0 Å². The standard InChI is InChI=1S/C18H22N6OS/c1-13-10-15(12-26-13)18(25)23-8-4-14(5-9-23)17-21-20-16(22(17)2)11-24-7-3-6-19-24/h3,6-7,10,12,14H,4-5,8-9,11H2,1-2H3. The van der Waals surface area contributed by atoms with Crippen LogP contribution in [0.5, 0.6) is 0 Å². The third kappa shape index (κ3) is 3.29. The lowest BCUT2D eigenvalue weighted by Crippen LogP contribution is -2.38. The molecule has 136 valence electrons. The van der Waals surface area contributed by atoms with Gasteiger partial charge in [0.15, 0.2) is 5.82 Å². The van der Waals surface area contributed by atoms with Gasteiger partial charge in [0, 0.05) is 48.7 Å². The Morgan fingerprint density at radius 2 is 2.12 bits per heavy atom. The number of hydrogen-bond donors (Lipinski definition) is 0. The Morgan fingerprint density at radius 1 is 1.31 bits per heavy atom. The van der Waals surface area contributed by atoms with Gasteiger partial charge in [-0.25, -0.2) is 0 Å². The van der Waals surface area contributed by atoms with Crippen molar-refractivity contribution >= 4 is 17.2 Å². The van der Waals surface area contributed by atoms with E-state index >= 15 is 0 Å². The second-order valence-corrected chi connectivity index (χ2v) is 7.86. The first-order chi connectivity index (χ1) is 12.6. The first-order valence-electron chi connectivity index (χ1n) is 8.82. The van der Waals surface area contributed by atoms with Gasteiger partial charge in [0.05, 0.1) is 5.56 Å². The molecule has 0 spiro atoms. The number of hydrogen-bond acceptors (Lipinski definition) is 5. The van der Waals surface area contributed by atoms with E-state index in [2.05, 4.69) is 19.9 Å². The molecule has 0 atom stereocenters. The molecule has 4 rings (SSSR count). The summed E-state index contributed by atoms with van der Waals surface area (Å²) in [5.74, 6) is 2.39. The molecule has 1 fully saturated rings. The van der Waals surface area contributed by atoms with Crippen molar-refractivity contribution in [3.8, 4) is 0 Å². The Bertz CT molecular complexity index is 889. The molecule has 0 aliphatic carbocycles. The Kier molecular flexibility index (Phi) is 4.58. The molecule has 26 heavy (non-hydrogen) atoms. The van der Waals surface area contributed by atoms with Gasteiger partial charge >= 0.3 is 0 Å². The van der Waals surface area contributed by atoms with Gasteiger partial charge in [0.2, 0.25) is 0 Å². The third-order valence-corrected chi connectivity index (χ3v) is 5.85. The molecule has 1 amide bonds. The van der Waals surface area contributed by atoms with Gasteiger partial charge in [-0.05, 0) is 31.9 Å². The maximum atomic E-state index is 12.6. The molecule has 8 heteroatoms. The number of rotatable bonds is 4. The van der Waals surface area contributed by atoms with Gasteiger partial charge in [-0.2, -0.15) is 5.10 Å². The number of thiophene rings is 1. The van der Waals surface area contributed by atoms with Crippen molar-refractivity contribution in [2.45, 2.75) is 32.2 Å². The summed E-state index contributed by atoms with van der Waals surface area (Å²) in [4.78, 5) is 15.7. The van der Waals surface area contributed by atoms with Crippen LogP contribution < -0.4 is 0 Å². The first kappa shape index (κ1) is 17.0. The molecule has 0 aromatic carbocycles. The predicted octanol–water partition coefficient (Wildman–Crippen LogP) is 2.45. The number of amides is 1. The summed E-state index contributed by atoms with van der Waals surface area (Å²) in [6, 6.07) is 3.88. The number of aromatic nitrogens is 5. The second kappa shape index (κ2) is 7.03. The van der Waals surface area contributed by atoms with Crippen LogP contribution in [0.2, 0.25) is 0 Å². The maximum absolute atomic E-state index is 12.6. The molecule has 1 aliphatic rings. The van der Waals surface area contributed by atoms with E-state index in [0.29, 0.717) is 12.5 Å². The highest BCUT2D eigenvalue weighted by Gasteiger charge is 2.28. The molecule has 0 saturated carbocycles. The zero-order chi connectivity index (χ0) is 18.1. The third-order valence-electron chi connectivity index (χ3n) is 4.99. The SMILES string of the molecule is Cc1cc(C(=O)N2CCC(c3nnc(Cn4cccn4)n3C)CC2)cs1. The Labute approximate surface area is 156 Å². The highest BCUT2D eigenvalue weighted by molar-refractivity contribution is 7.10. The van der Waals surface area contributed by atoms with E-state index in [1.54, 1.807) is 17.5 Å². The fourth-order valence-corrected chi connectivity index (χ4v) is 4.16. The number of likely N-dealkylation sites (tertiary alicyclic amines) is 1. The van der Waals surface area contributed by atoms with Gasteiger partial charge in [0.1, 0.15) is 12.4 Å². The summed E-state index contributed by atoms with van der Waals surface area (Å²) in [5, 5.41) is 14.9. The zero-order valence-electron chi connectivity index (χ0n) is 15.0. The molecular weight excluding hydrogens is 348 g/mol. The number of piperidine rings is 1. The van der Waals surface area contributed by atoms with E-state index in [-0.39, 0.29) is 5.91 Å². The highest BCUT2D eigenvalue weighted by Crippen LogP contribution is 2.28. The number of carbonyl (C=O) groups is 1. The lowest BCUT2D eigenvalue weighted by Gasteiger charge is -2.31. The van der Waals surface area contributed by atoms with E-state index in [1.807, 2.05) is 47.3 Å². The van der Waals surface area contributed by atoms with Crippen LogP contribution in [0.15, 0.2) is 29.9 Å². The number of carbonyl (C=O) groups excluding carboxylic acids is 1. The van der Waals surface area contributed by atoms with Crippen molar-refractivity contribution < 1.29 is 4.79 Å². The van der Waals surface area contributed by atoms with Crippen molar-refractivity contribution in [1.29, 1.82) is 0 Å². The smallest absolute Gasteiger partial charge is 0.254 e. The van der Waals surface area contributed by atoms with Crippen LogP contribution in [0.1, 0.15) is 45.6 Å². The van der Waals surface area contributed by atoms with Crippen LogP contribution in [0.25, 0.3) is 0 Å². The summed E-state index contributed by atoms with van der Waals surface area (Å²) < 4.78 is 3.92. The largest absolute Gasteiger partial charge is 0.339 e. The van der Waals surface area contributed by atoms with Crippen LogP contribution in [0.4, 0.5) is 0 Å². The maximum Gasteiger partial charge on any atom is 0.254 e. The number of aryl methyl sites for hydroxylation is 1. The normalized spacial score (nSPS) is 15.5. The predicted molar refractivity (Wildman–Crippen MR) is 99.3 cm³/mol. The fourth-order valence-electron chi connectivity index (χ4n) is 3.49. The lowest BCUT2D eigenvalue weighted by atomic mass is 9.95. The zero-order valence-corrected chi connectivity index (χ0v) is 15.8. The summed E-state index contributed by atoms with van der Waals surface area (Å²) in [5.41, 5.74) is 0.811. The van der Waals surface area contributed by atoms with Gasteiger partial charge in [0.25, 0.3) is 5.91 Å². The topological polar surface area (TPSA) is 68.8 Å². The lowest BCUT2D eigenvalue weighted by molar-refractivity contribution is 0.0711. The van der Waals surface area contributed by atoms with Crippen LogP contribution >= 0.6 is 11.3 Å². The Balaban J connectivity index is 1.40. The van der Waals surface area contributed by atoms with Gasteiger partial charge in [-0.1, -0.05) is 0 Å². The van der Waals surface area contributed by atoms with E-state index in [1.165, 1.54) is 4.88 Å². The minimum absolute atomic E-state index is 0.144. The Morgan fingerprint density at radius 3 is 2.77 bits per heavy atom. The second-order valence-electron chi connectivity index (χ2n) is 6.75. The summed E-state index contributed by atoms with van der Waals surface area (Å²) in [7, 11) is 2.01. The van der Waals surface area contributed by atoms with Crippen LogP contribution in [0, 0.1) is 6.92 Å². The molecule has 3 aromatic heterocycles. The molecule has 1 saturated heterocycles. The molecule has 1 aliphatic heterocycles. The number of nitrogens with zero attached hydrogens (tertiary/aromatic N) is 6. The first-order valence-corrected chi connectivity index (χ1v) is 9.70. The Hall–Kier alpha value is -2.48. The average molecular weight is 370 g/mol. The quantitative estimate of drug-likeness (QED) is 0.707. The van der Waals surface area contributed by atoms with E-state index in [9.17, 15) is 4.79 Å². The molecule has 0 bridgehead atoms. The summed E-state index contributed by atoms with van der Waals surface area (Å²) >= 11 is 1.62. The van der Waals surface area contributed by atoms with Gasteiger partial charge in [-0.3, -0.25) is 9.48 Å². The fraction of sp³-hybridized carbons (Fsp3) is 0.444. The summed E-state index contributed by atoms with van der Waals surface area (Å²) in [6.45, 7) is 4.17. The van der Waals surface area contributed by atoms with Crippen LogP contribution in [-0.2, 0) is 13.6 Å². The van der Waals surface area contributed by atoms with Crippen molar-refractivity contribution in [3.05, 3.63) is 52.0 Å². The van der Waals surface area contributed by atoms with Crippen molar-refractivity contribution in [2.24, 2.45) is 7.05 Å². The highest BCUT2D eigenvalue weighted by atomic mass is 32.1. The molecule has 0 unspecified atom stereocenters. The average Bonchev–Trinajstić information content (AvgIpc) is 3.38. The molecule has 0 N–H and O–H groups in total. The van der Waals surface area contributed by atoms with E-state index in [0.717, 1.165) is 43.1 Å². The molecule has 7 nitrogen and oxygen atoms in total. The molecule has 0 radical (unpaired) electrons. The monoisotopic (exact) mass is 370 g/mol. The van der Waals surface area contributed by atoms with Crippen LogP contribution in [-0.4, -0.2) is 48.4 Å². The van der Waals surface area contributed by atoms with Crippen molar-refractivity contribution in [3.63, 3.8) is 0 Å². The molecular formula is C18H22N6OS.